The van der Waals surface area contributed by atoms with Gasteiger partial charge >= 0.3 is 18.2 Å². The van der Waals surface area contributed by atoms with Crippen LogP contribution in [0.3, 0.4) is 0 Å². The molecule has 0 radical (unpaired) electrons. The Bertz CT molecular complexity index is 2280. The molecule has 15 nitrogen and oxygen atoms in total. The number of para-hydroxylation sites is 1. The SMILES string of the molecule is CCOc1nc(F)cc2nc(S(=O)(=O)Nc3c(Cl)cccc3Cl)nn12.Cc1nn(-c2cc(NS(C)(=O)=O)c(Cl)cc2Cl)c(=O)n1C(F)F. The van der Waals surface area contributed by atoms with Crippen molar-refractivity contribution in [1.29, 1.82) is 0 Å². The lowest BCUT2D eigenvalue weighted by atomic mass is 10.3. The van der Waals surface area contributed by atoms with Crippen molar-refractivity contribution in [2.24, 2.45) is 0 Å². The summed E-state index contributed by atoms with van der Waals surface area (Å²) in [6.07, 6.45) is 0.902. The molecule has 0 amide bonds. The second-order valence-corrected chi connectivity index (χ2v) is 14.2. The Kier molecular flexibility index (Phi) is 11.1. The van der Waals surface area contributed by atoms with Gasteiger partial charge in [-0.2, -0.15) is 40.8 Å². The highest BCUT2D eigenvalue weighted by molar-refractivity contribution is 7.92. The van der Waals surface area contributed by atoms with E-state index >= 15 is 0 Å². The topological polar surface area (TPSA) is 184 Å². The van der Waals surface area contributed by atoms with Gasteiger partial charge in [-0.05, 0) is 38.1 Å². The fourth-order valence-corrected chi connectivity index (χ4v) is 6.49. The van der Waals surface area contributed by atoms with Crippen molar-refractivity contribution in [2.45, 2.75) is 25.6 Å². The zero-order chi connectivity index (χ0) is 35.7. The second kappa shape index (κ2) is 14.3. The molecule has 0 saturated heterocycles. The number of halogens is 7. The van der Waals surface area contributed by atoms with E-state index in [-0.39, 0.29) is 65.8 Å². The third-order valence-corrected chi connectivity index (χ3v) is 8.66. The largest absolute Gasteiger partial charge is 0.464 e. The quantitative estimate of drug-likeness (QED) is 0.189. The van der Waals surface area contributed by atoms with Crippen LogP contribution in [0.2, 0.25) is 20.1 Å². The van der Waals surface area contributed by atoms with Crippen molar-refractivity contribution >= 4 is 83.5 Å². The molecule has 0 unspecified atom stereocenters. The van der Waals surface area contributed by atoms with Crippen LogP contribution >= 0.6 is 46.4 Å². The molecule has 3 heterocycles. The number of aromatic nitrogens is 7. The Morgan fingerprint density at radius 3 is 2.15 bits per heavy atom. The van der Waals surface area contributed by atoms with Gasteiger partial charge < -0.3 is 4.74 Å². The number of nitrogens with zero attached hydrogens (tertiary/aromatic N) is 7. The smallest absolute Gasteiger partial charge is 0.355 e. The van der Waals surface area contributed by atoms with Gasteiger partial charge in [-0.1, -0.05) is 52.5 Å². The van der Waals surface area contributed by atoms with Crippen LogP contribution in [0.5, 0.6) is 6.01 Å². The van der Waals surface area contributed by atoms with Crippen molar-refractivity contribution in [3.63, 3.8) is 0 Å². The predicted molar refractivity (Wildman–Crippen MR) is 171 cm³/mol. The van der Waals surface area contributed by atoms with E-state index in [1.54, 1.807) is 13.0 Å². The van der Waals surface area contributed by atoms with E-state index in [0.29, 0.717) is 4.68 Å². The molecule has 0 aliphatic carbocycles. The summed E-state index contributed by atoms with van der Waals surface area (Å²) in [6, 6.07) is 7.52. The molecule has 5 aromatic rings. The highest BCUT2D eigenvalue weighted by Gasteiger charge is 2.25. The molecule has 3 aromatic heterocycles. The van der Waals surface area contributed by atoms with Crippen LogP contribution in [0.15, 0.2) is 46.3 Å². The van der Waals surface area contributed by atoms with Gasteiger partial charge in [0.2, 0.25) is 16.0 Å². The maximum atomic E-state index is 13.5. The third-order valence-electron chi connectivity index (χ3n) is 5.69. The van der Waals surface area contributed by atoms with E-state index in [9.17, 15) is 34.8 Å². The number of hydrogen-bond donors (Lipinski definition) is 2. The summed E-state index contributed by atoms with van der Waals surface area (Å²) in [5, 5.41) is 7.03. The lowest BCUT2D eigenvalue weighted by Crippen LogP contribution is -2.25. The molecule has 258 valence electrons. The number of sulfonamides is 2. The number of benzene rings is 2. The van der Waals surface area contributed by atoms with Crippen LogP contribution in [0.25, 0.3) is 11.3 Å². The fraction of sp³-hybridized carbons (Fsp3) is 0.208. The number of ether oxygens (including phenoxy) is 1. The van der Waals surface area contributed by atoms with Gasteiger partial charge in [0.25, 0.3) is 15.2 Å². The predicted octanol–water partition coefficient (Wildman–Crippen LogP) is 5.19. The highest BCUT2D eigenvalue weighted by atomic mass is 35.5. The summed E-state index contributed by atoms with van der Waals surface area (Å²) >= 11 is 23.7. The van der Waals surface area contributed by atoms with Crippen LogP contribution in [-0.2, 0) is 20.0 Å². The molecule has 0 bridgehead atoms. The van der Waals surface area contributed by atoms with E-state index in [4.69, 9.17) is 51.1 Å². The molecule has 0 atom stereocenters. The molecule has 0 aliphatic heterocycles. The van der Waals surface area contributed by atoms with Gasteiger partial charge in [0, 0.05) is 6.07 Å². The van der Waals surface area contributed by atoms with Crippen LogP contribution < -0.4 is 19.9 Å². The average Bonchev–Trinajstić information content (AvgIpc) is 3.53. The summed E-state index contributed by atoms with van der Waals surface area (Å²) in [6.45, 7) is -0.00526. The first kappa shape index (κ1) is 37.0. The molecule has 48 heavy (non-hydrogen) atoms. The number of aryl methyl sites for hydroxylation is 1. The number of nitrogens with one attached hydrogen (secondary N) is 2. The van der Waals surface area contributed by atoms with Crippen molar-refractivity contribution in [3.05, 3.63) is 78.7 Å². The molecular formula is C24H20Cl4F3N9O6S2. The van der Waals surface area contributed by atoms with Crippen LogP contribution in [-0.4, -0.2) is 63.6 Å². The molecule has 5 rings (SSSR count). The van der Waals surface area contributed by atoms with Crippen molar-refractivity contribution < 1.29 is 34.7 Å². The Hall–Kier alpha value is -3.82. The van der Waals surface area contributed by atoms with E-state index in [2.05, 4.69) is 29.6 Å². The first-order valence-electron chi connectivity index (χ1n) is 12.8. The molecule has 2 N–H and O–H groups in total. The summed E-state index contributed by atoms with van der Waals surface area (Å²) < 4.78 is 98.1. The maximum absolute atomic E-state index is 13.5. The maximum Gasteiger partial charge on any atom is 0.355 e. The number of hydrogen-bond acceptors (Lipinski definition) is 10. The van der Waals surface area contributed by atoms with Crippen molar-refractivity contribution in [1.82, 2.24) is 33.9 Å². The molecule has 0 aliphatic rings. The van der Waals surface area contributed by atoms with Crippen LogP contribution in [0.4, 0.5) is 24.5 Å². The summed E-state index contributed by atoms with van der Waals surface area (Å²) in [5.74, 6) is -1.11. The molecule has 0 spiro atoms. The molecule has 0 fully saturated rings. The number of rotatable bonds is 9. The van der Waals surface area contributed by atoms with Gasteiger partial charge in [-0.3, -0.25) is 9.44 Å². The monoisotopic (exact) mass is 791 g/mol. The summed E-state index contributed by atoms with van der Waals surface area (Å²) in [7, 11) is -7.88. The van der Waals surface area contributed by atoms with Crippen LogP contribution in [0.1, 0.15) is 19.3 Å². The van der Waals surface area contributed by atoms with Gasteiger partial charge in [-0.25, -0.2) is 17.8 Å². The Balaban J connectivity index is 0.000000218. The highest BCUT2D eigenvalue weighted by Crippen LogP contribution is 2.33. The Labute approximate surface area is 289 Å². The van der Waals surface area contributed by atoms with Crippen molar-refractivity contribution in [3.8, 4) is 11.7 Å². The number of alkyl halides is 2. The third kappa shape index (κ3) is 8.24. The van der Waals surface area contributed by atoms with Gasteiger partial charge in [0.15, 0.2) is 5.65 Å². The van der Waals surface area contributed by atoms with E-state index in [1.807, 2.05) is 0 Å². The van der Waals surface area contributed by atoms with E-state index < -0.39 is 43.4 Å². The lowest BCUT2D eigenvalue weighted by molar-refractivity contribution is 0.0640. The van der Waals surface area contributed by atoms with E-state index in [0.717, 1.165) is 22.9 Å². The normalized spacial score (nSPS) is 11.8. The van der Waals surface area contributed by atoms with Gasteiger partial charge in [0.05, 0.1) is 50.0 Å². The van der Waals surface area contributed by atoms with Crippen LogP contribution in [0, 0.1) is 12.9 Å². The minimum absolute atomic E-state index is 0.0148. The summed E-state index contributed by atoms with van der Waals surface area (Å²) in [4.78, 5) is 19.3. The zero-order valence-corrected chi connectivity index (χ0v) is 28.9. The van der Waals surface area contributed by atoms with Crippen molar-refractivity contribution in [2.75, 3.05) is 22.3 Å². The zero-order valence-electron chi connectivity index (χ0n) is 24.3. The van der Waals surface area contributed by atoms with E-state index in [1.165, 1.54) is 25.1 Å². The molecule has 0 saturated carbocycles. The lowest BCUT2D eigenvalue weighted by Gasteiger charge is -2.10. The Morgan fingerprint density at radius 1 is 0.938 bits per heavy atom. The summed E-state index contributed by atoms with van der Waals surface area (Å²) in [5.41, 5.74) is -1.37. The standard InChI is InChI=1S/C13H10Cl2FN5O3S.C11H10Cl2F2N4O3S/c1-2-24-13-17-9(16)6-10-18-12(19-21(10)13)25(22,23)20-11-7(14)4-3-5-8(11)15;1-5-16-19(11(20)18(5)10(14)15)9-4-8(17-23(2,21)22)6(12)3-7(9)13/h3-6,20H,2H2,1H3;3-4,10,17H,1-2H3. The fourth-order valence-electron chi connectivity index (χ4n) is 3.76. The molecular weight excluding hydrogens is 773 g/mol. The van der Waals surface area contributed by atoms with Gasteiger partial charge in [0.1, 0.15) is 5.82 Å². The molecule has 24 heteroatoms. The first-order valence-corrected chi connectivity index (χ1v) is 17.7. The van der Waals surface area contributed by atoms with Gasteiger partial charge in [-0.15, -0.1) is 10.2 Å². The minimum atomic E-state index is -4.23. The average molecular weight is 793 g/mol. The minimum Gasteiger partial charge on any atom is -0.464 e. The second-order valence-electron chi connectivity index (χ2n) is 9.21. The number of fused-ring (bicyclic) bond motifs is 1. The molecule has 2 aromatic carbocycles. The Morgan fingerprint density at radius 2 is 1.58 bits per heavy atom. The first-order chi connectivity index (χ1) is 22.3. The number of anilines is 2.